The molecule has 0 radical (unpaired) electrons. The third kappa shape index (κ3) is 16.9. The maximum atomic E-state index is 13.3. The fraction of sp³-hybridized carbons (Fsp3) is 0.720. The van der Waals surface area contributed by atoms with Crippen molar-refractivity contribution in [2.24, 2.45) is 33.8 Å². The van der Waals surface area contributed by atoms with Crippen LogP contribution in [0.3, 0.4) is 0 Å². The number of aliphatic hydroxyl groups is 1. The Hall–Kier alpha value is -4.03. The fourth-order valence-electron chi connectivity index (χ4n) is 3.78. The molecule has 0 saturated heterocycles. The second-order valence-electron chi connectivity index (χ2n) is 10.3. The van der Waals surface area contributed by atoms with Gasteiger partial charge in [0.25, 0.3) is 0 Å². The maximum absolute atomic E-state index is 13.3. The Kier molecular flexibility index (Phi) is 18.8. The van der Waals surface area contributed by atoms with Crippen molar-refractivity contribution in [3.8, 4) is 0 Å². The minimum Gasteiger partial charge on any atom is -0.481 e. The van der Waals surface area contributed by atoms with Gasteiger partial charge in [-0.25, -0.2) is 4.79 Å². The molecule has 0 spiro atoms. The van der Waals surface area contributed by atoms with E-state index in [9.17, 15) is 39.0 Å². The summed E-state index contributed by atoms with van der Waals surface area (Å²) in [6.45, 7) is 3.21. The van der Waals surface area contributed by atoms with Crippen LogP contribution in [0.15, 0.2) is 4.99 Å². The highest BCUT2D eigenvalue weighted by atomic mass is 16.4. The van der Waals surface area contributed by atoms with Crippen molar-refractivity contribution in [1.29, 1.82) is 0 Å². The van der Waals surface area contributed by atoms with Gasteiger partial charge in [-0.15, -0.1) is 0 Å². The summed E-state index contributed by atoms with van der Waals surface area (Å²) in [5, 5.41) is 37.1. The Labute approximate surface area is 249 Å². The highest BCUT2D eigenvalue weighted by Gasteiger charge is 2.32. The number of rotatable bonds is 22. The molecule has 18 heteroatoms. The molecule has 18 nitrogen and oxygen atoms in total. The average molecular weight is 618 g/mol. The molecule has 0 aromatic heterocycles. The van der Waals surface area contributed by atoms with Crippen molar-refractivity contribution in [1.82, 2.24) is 21.3 Å². The Morgan fingerprint density at radius 1 is 0.744 bits per heavy atom. The van der Waals surface area contributed by atoms with Gasteiger partial charge in [0, 0.05) is 6.54 Å². The fourth-order valence-corrected chi connectivity index (χ4v) is 3.78. The van der Waals surface area contributed by atoms with Gasteiger partial charge >= 0.3 is 11.9 Å². The molecule has 0 unspecified atom stereocenters. The number of hydrogen-bond acceptors (Lipinski definition) is 10. The van der Waals surface area contributed by atoms with Crippen molar-refractivity contribution in [3.63, 3.8) is 0 Å². The second-order valence-corrected chi connectivity index (χ2v) is 10.3. The first kappa shape index (κ1) is 39.0. The van der Waals surface area contributed by atoms with Gasteiger partial charge in [0.15, 0.2) is 5.96 Å². The number of unbranched alkanes of at least 4 members (excludes halogenated alkanes) is 1. The summed E-state index contributed by atoms with van der Waals surface area (Å²) in [6.07, 6.45) is 1.07. The standard InChI is InChI=1S/C25H47N9O9/c1-13(2)10-16(32-20(38)14(27)6-3-4-8-26)22(40)31-15(7-5-9-30-25(28)29)21(39)34-18(12-35)23(41)33-17(24(42)43)11-19(36)37/h13-18,35H,3-12,26-27H2,1-2H3,(H,31,40)(H,32,38)(H,33,41)(H,34,39)(H,36,37)(H,42,43)(H4,28,29,30)/t14-,15-,16-,17-,18-/m0/s1. The van der Waals surface area contributed by atoms with Crippen LogP contribution in [-0.4, -0.2) is 107 Å². The third-order valence-corrected chi connectivity index (χ3v) is 6.03. The number of carbonyl (C=O) groups excluding carboxylic acids is 4. The maximum Gasteiger partial charge on any atom is 0.326 e. The van der Waals surface area contributed by atoms with Gasteiger partial charge in [0.05, 0.1) is 19.1 Å². The van der Waals surface area contributed by atoms with Crippen LogP contribution in [0.25, 0.3) is 0 Å². The van der Waals surface area contributed by atoms with Crippen LogP contribution in [0.5, 0.6) is 0 Å². The van der Waals surface area contributed by atoms with Crippen LogP contribution in [0.2, 0.25) is 0 Å². The van der Waals surface area contributed by atoms with Gasteiger partial charge < -0.3 is 59.5 Å². The first-order chi connectivity index (χ1) is 20.1. The van der Waals surface area contributed by atoms with Crippen LogP contribution < -0.4 is 44.2 Å². The highest BCUT2D eigenvalue weighted by Crippen LogP contribution is 2.09. The number of aliphatic hydroxyl groups excluding tert-OH is 1. The predicted molar refractivity (Wildman–Crippen MR) is 155 cm³/mol. The Bertz CT molecular complexity index is 974. The number of carbonyl (C=O) groups is 6. The average Bonchev–Trinajstić information content (AvgIpc) is 2.91. The number of carboxylic acids is 2. The largest absolute Gasteiger partial charge is 0.481 e. The molecular weight excluding hydrogens is 570 g/mol. The van der Waals surface area contributed by atoms with Gasteiger partial charge in [-0.2, -0.15) is 0 Å². The Balaban J connectivity index is 5.79. The summed E-state index contributed by atoms with van der Waals surface area (Å²) in [6, 6.07) is -6.76. The summed E-state index contributed by atoms with van der Waals surface area (Å²) >= 11 is 0. The molecule has 0 aromatic rings. The van der Waals surface area contributed by atoms with E-state index in [4.69, 9.17) is 28.0 Å². The number of carboxylic acid groups (broad SMARTS) is 2. The molecule has 0 bridgehead atoms. The normalized spacial score (nSPS) is 14.4. The Morgan fingerprint density at radius 3 is 1.79 bits per heavy atom. The molecule has 0 saturated carbocycles. The molecule has 0 rings (SSSR count). The zero-order valence-corrected chi connectivity index (χ0v) is 24.6. The number of aliphatic carboxylic acids is 2. The minimum absolute atomic E-state index is 0.0359. The molecule has 0 heterocycles. The number of nitrogens with two attached hydrogens (primary N) is 4. The van der Waals surface area contributed by atoms with Gasteiger partial charge in [-0.05, 0) is 44.6 Å². The van der Waals surface area contributed by atoms with Crippen molar-refractivity contribution in [2.75, 3.05) is 19.7 Å². The first-order valence-electron chi connectivity index (χ1n) is 13.9. The van der Waals surface area contributed by atoms with Crippen molar-refractivity contribution >= 4 is 41.5 Å². The van der Waals surface area contributed by atoms with E-state index >= 15 is 0 Å². The van der Waals surface area contributed by atoms with E-state index in [1.165, 1.54) is 0 Å². The van der Waals surface area contributed by atoms with Crippen LogP contribution in [-0.2, 0) is 28.8 Å². The molecule has 4 amide bonds. The molecule has 0 aliphatic heterocycles. The summed E-state index contributed by atoms with van der Waals surface area (Å²) in [5.74, 6) is -6.74. The monoisotopic (exact) mass is 617 g/mol. The van der Waals surface area contributed by atoms with Crippen LogP contribution in [0, 0.1) is 5.92 Å². The van der Waals surface area contributed by atoms with E-state index < -0.39 is 78.8 Å². The molecular formula is C25H47N9O9. The zero-order chi connectivity index (χ0) is 33.1. The quantitative estimate of drug-likeness (QED) is 0.0314. The van der Waals surface area contributed by atoms with E-state index in [0.29, 0.717) is 25.8 Å². The van der Waals surface area contributed by atoms with Gasteiger partial charge in [-0.3, -0.25) is 29.0 Å². The summed E-state index contributed by atoms with van der Waals surface area (Å²) in [7, 11) is 0. The lowest BCUT2D eigenvalue weighted by molar-refractivity contribution is -0.147. The predicted octanol–water partition coefficient (Wildman–Crippen LogP) is -3.97. The molecule has 15 N–H and O–H groups in total. The molecule has 0 aromatic carbocycles. The topological polar surface area (TPSA) is 328 Å². The molecule has 0 aliphatic carbocycles. The molecule has 0 fully saturated rings. The highest BCUT2D eigenvalue weighted by molar-refractivity contribution is 5.95. The minimum atomic E-state index is -1.83. The number of amides is 4. The van der Waals surface area contributed by atoms with Gasteiger partial charge in [0.1, 0.15) is 24.2 Å². The van der Waals surface area contributed by atoms with E-state index in [2.05, 4.69) is 20.9 Å². The number of nitrogens with one attached hydrogen (secondary N) is 4. The lowest BCUT2D eigenvalue weighted by atomic mass is 10.0. The molecule has 43 heavy (non-hydrogen) atoms. The van der Waals surface area contributed by atoms with Crippen LogP contribution in [0.4, 0.5) is 0 Å². The number of guanidine groups is 1. The van der Waals surface area contributed by atoms with Gasteiger partial charge in [-0.1, -0.05) is 20.3 Å². The molecule has 5 atom stereocenters. The van der Waals surface area contributed by atoms with E-state index in [1.807, 2.05) is 19.2 Å². The number of nitrogens with zero attached hydrogens (tertiary/aromatic N) is 1. The van der Waals surface area contributed by atoms with Crippen molar-refractivity contribution < 1.29 is 44.1 Å². The van der Waals surface area contributed by atoms with E-state index in [1.54, 1.807) is 0 Å². The molecule has 246 valence electrons. The summed E-state index contributed by atoms with van der Waals surface area (Å²) in [5.41, 5.74) is 22.1. The second kappa shape index (κ2) is 20.8. The van der Waals surface area contributed by atoms with E-state index in [-0.39, 0.29) is 37.7 Å². The van der Waals surface area contributed by atoms with Crippen molar-refractivity contribution in [3.05, 3.63) is 0 Å². The zero-order valence-electron chi connectivity index (χ0n) is 24.6. The lowest BCUT2D eigenvalue weighted by Gasteiger charge is -2.26. The van der Waals surface area contributed by atoms with E-state index in [0.717, 1.165) is 0 Å². The lowest BCUT2D eigenvalue weighted by Crippen LogP contribution is -2.59. The van der Waals surface area contributed by atoms with Crippen molar-refractivity contribution in [2.45, 2.75) is 89.0 Å². The number of hydrogen-bond donors (Lipinski definition) is 11. The van der Waals surface area contributed by atoms with Crippen LogP contribution >= 0.6 is 0 Å². The SMILES string of the molecule is CC(C)C[C@H](NC(=O)[C@@H](N)CCCCN)C(=O)N[C@@H](CCCN=C(N)N)C(=O)N[C@@H](CO)C(=O)N[C@@H](CC(=O)O)C(=O)O. The van der Waals surface area contributed by atoms with Gasteiger partial charge in [0.2, 0.25) is 23.6 Å². The summed E-state index contributed by atoms with van der Waals surface area (Å²) < 4.78 is 0. The Morgan fingerprint density at radius 2 is 1.28 bits per heavy atom. The molecule has 0 aliphatic rings. The smallest absolute Gasteiger partial charge is 0.326 e. The first-order valence-corrected chi connectivity index (χ1v) is 13.9. The summed E-state index contributed by atoms with van der Waals surface area (Å²) in [4.78, 5) is 77.7. The third-order valence-electron chi connectivity index (χ3n) is 6.03. The van der Waals surface area contributed by atoms with Crippen LogP contribution in [0.1, 0.15) is 58.8 Å². The number of aliphatic imine (C=N–C) groups is 1.